The molecule has 0 aliphatic heterocycles. The molecule has 0 heterocycles. The second-order valence-corrected chi connectivity index (χ2v) is 6.77. The molecule has 64 valence electrons. The van der Waals surface area contributed by atoms with Crippen LogP contribution in [0, 0.1) is 0 Å². The maximum atomic E-state index is 13.1. The molecule has 0 aliphatic carbocycles. The zero-order valence-electron chi connectivity index (χ0n) is 7.42. The summed E-state index contributed by atoms with van der Waals surface area (Å²) in [6.07, 6.45) is 1.85. The maximum Gasteiger partial charge on any atom is 0.264 e. The van der Waals surface area contributed by atoms with Crippen LogP contribution >= 0.6 is 0 Å². The molecular weight excluding hydrogens is 167 g/mol. The largest absolute Gasteiger partial charge is 0.309 e. The van der Waals surface area contributed by atoms with Gasteiger partial charge in [-0.2, -0.15) is 0 Å². The molecule has 1 aromatic rings. The molecule has 0 aromatic heterocycles. The molecule has 0 saturated carbocycles. The van der Waals surface area contributed by atoms with Crippen LogP contribution in [0.25, 0.3) is 6.08 Å². The highest BCUT2D eigenvalue weighted by Gasteiger charge is 2.14. The van der Waals surface area contributed by atoms with Gasteiger partial charge >= 0.3 is 0 Å². The first kappa shape index (κ1) is 9.20. The van der Waals surface area contributed by atoms with Crippen molar-refractivity contribution in [1.29, 1.82) is 0 Å². The molecule has 0 N–H and O–H groups in total. The van der Waals surface area contributed by atoms with Gasteiger partial charge in [0.2, 0.25) is 0 Å². The molecule has 1 rings (SSSR count). The first-order valence-electron chi connectivity index (χ1n) is 4.01. The Labute approximate surface area is 73.9 Å². The van der Waals surface area contributed by atoms with Crippen LogP contribution < -0.4 is 0 Å². The van der Waals surface area contributed by atoms with Crippen LogP contribution in [0.4, 0.5) is 4.11 Å². The Balaban J connectivity index is 2.71. The third kappa shape index (κ3) is 3.48. The lowest BCUT2D eigenvalue weighted by molar-refractivity contribution is 0.821. The van der Waals surface area contributed by atoms with Crippen LogP contribution in [0.1, 0.15) is 5.56 Å². The van der Waals surface area contributed by atoms with Gasteiger partial charge in [0.1, 0.15) is 0 Å². The van der Waals surface area contributed by atoms with Gasteiger partial charge in [0.05, 0.1) is 0 Å². The number of hydrogen-bond donors (Lipinski definition) is 0. The van der Waals surface area contributed by atoms with Crippen molar-refractivity contribution in [3.8, 4) is 0 Å². The van der Waals surface area contributed by atoms with Crippen LogP contribution in [0.5, 0.6) is 0 Å². The van der Waals surface area contributed by atoms with Crippen molar-refractivity contribution in [3.63, 3.8) is 0 Å². The fraction of sp³-hybridized carbons (Fsp3) is 0.200. The van der Waals surface area contributed by atoms with Gasteiger partial charge in [-0.05, 0) is 18.7 Å². The van der Waals surface area contributed by atoms with E-state index in [0.29, 0.717) is 0 Å². The Hall–Kier alpha value is -0.893. The Morgan fingerprint density at radius 1 is 1.17 bits per heavy atom. The van der Waals surface area contributed by atoms with E-state index in [-0.39, 0.29) is 0 Å². The van der Waals surface area contributed by atoms with Gasteiger partial charge < -0.3 is 4.11 Å². The minimum Gasteiger partial charge on any atom is -0.309 e. The highest BCUT2D eigenvalue weighted by Crippen LogP contribution is 2.08. The van der Waals surface area contributed by atoms with Crippen molar-refractivity contribution >= 4 is 14.5 Å². The predicted molar refractivity (Wildman–Crippen MR) is 54.1 cm³/mol. The third-order valence-electron chi connectivity index (χ3n) is 1.47. The summed E-state index contributed by atoms with van der Waals surface area (Å²) in [4.78, 5) is 0. The summed E-state index contributed by atoms with van der Waals surface area (Å²) < 4.78 is 13.1. The fourth-order valence-electron chi connectivity index (χ4n) is 0.859. The van der Waals surface area contributed by atoms with E-state index < -0.39 is 8.41 Å². The predicted octanol–water partition coefficient (Wildman–Crippen LogP) is 3.41. The summed E-state index contributed by atoms with van der Waals surface area (Å²) in [6.45, 7) is 3.35. The maximum absolute atomic E-state index is 13.1. The zero-order chi connectivity index (χ0) is 9.03. The van der Waals surface area contributed by atoms with E-state index in [2.05, 4.69) is 0 Å². The fourth-order valence-corrected chi connectivity index (χ4v) is 1.45. The first-order valence-corrected chi connectivity index (χ1v) is 6.97. The van der Waals surface area contributed by atoms with Crippen molar-refractivity contribution in [2.45, 2.75) is 13.1 Å². The van der Waals surface area contributed by atoms with E-state index in [1.54, 1.807) is 18.8 Å². The molecule has 1 aromatic carbocycles. The van der Waals surface area contributed by atoms with Crippen molar-refractivity contribution in [2.24, 2.45) is 0 Å². The van der Waals surface area contributed by atoms with E-state index in [9.17, 15) is 4.11 Å². The molecule has 0 saturated heterocycles. The Morgan fingerprint density at radius 2 is 1.75 bits per heavy atom. The standard InChI is InChI=1S/C10H13FSi/c1-12(2,11)9-8-10-6-4-3-5-7-10/h3-9H,1-2H3. The quantitative estimate of drug-likeness (QED) is 0.483. The molecule has 2 heteroatoms. The van der Waals surface area contributed by atoms with E-state index in [1.165, 1.54) is 0 Å². The van der Waals surface area contributed by atoms with Gasteiger partial charge in [0.25, 0.3) is 8.41 Å². The SMILES string of the molecule is C[Si](C)(F)C=Cc1ccccc1. The lowest BCUT2D eigenvalue weighted by Crippen LogP contribution is -2.13. The molecule has 0 nitrogen and oxygen atoms in total. The number of hydrogen-bond acceptors (Lipinski definition) is 0. The number of benzene rings is 1. The molecule has 0 fully saturated rings. The first-order chi connectivity index (χ1) is 5.58. The van der Waals surface area contributed by atoms with E-state index in [1.807, 2.05) is 36.4 Å². The van der Waals surface area contributed by atoms with Gasteiger partial charge in [0, 0.05) is 0 Å². The molecule has 0 bridgehead atoms. The average molecular weight is 180 g/mol. The second-order valence-electron chi connectivity index (χ2n) is 3.31. The highest BCUT2D eigenvalue weighted by atomic mass is 28.4. The van der Waals surface area contributed by atoms with Crippen LogP contribution in [-0.4, -0.2) is 8.41 Å². The Kier molecular flexibility index (Phi) is 2.81. The molecule has 0 amide bonds. The normalized spacial score (nSPS) is 12.2. The van der Waals surface area contributed by atoms with Gasteiger partial charge in [-0.15, -0.1) is 0 Å². The summed E-state index contributed by atoms with van der Waals surface area (Å²) in [7, 11) is -2.52. The number of halogens is 1. The smallest absolute Gasteiger partial charge is 0.264 e. The molecule has 0 unspecified atom stereocenters. The lowest BCUT2D eigenvalue weighted by atomic mass is 10.2. The van der Waals surface area contributed by atoms with Crippen LogP contribution in [0.2, 0.25) is 13.1 Å². The Bertz CT molecular complexity index is 259. The molecule has 12 heavy (non-hydrogen) atoms. The molecule has 0 spiro atoms. The van der Waals surface area contributed by atoms with Crippen molar-refractivity contribution in [1.82, 2.24) is 0 Å². The van der Waals surface area contributed by atoms with Crippen LogP contribution in [0.3, 0.4) is 0 Å². The summed E-state index contributed by atoms with van der Waals surface area (Å²) in [5.41, 5.74) is 2.76. The molecule has 0 radical (unpaired) electrons. The average Bonchev–Trinajstić information content (AvgIpc) is 2.02. The molecule has 0 aliphatic rings. The second kappa shape index (κ2) is 3.67. The summed E-state index contributed by atoms with van der Waals surface area (Å²) >= 11 is 0. The van der Waals surface area contributed by atoms with Crippen molar-refractivity contribution in [2.75, 3.05) is 0 Å². The van der Waals surface area contributed by atoms with Crippen molar-refractivity contribution < 1.29 is 4.11 Å². The van der Waals surface area contributed by atoms with Crippen LogP contribution in [-0.2, 0) is 0 Å². The summed E-state index contributed by atoms with van der Waals surface area (Å²) in [5.74, 6) is 0. The molecule has 0 atom stereocenters. The summed E-state index contributed by atoms with van der Waals surface area (Å²) in [5, 5.41) is 0. The van der Waals surface area contributed by atoms with Gasteiger partial charge in [0.15, 0.2) is 0 Å². The highest BCUT2D eigenvalue weighted by molar-refractivity contribution is 6.76. The lowest BCUT2D eigenvalue weighted by Gasteiger charge is -2.02. The van der Waals surface area contributed by atoms with Gasteiger partial charge in [-0.25, -0.2) is 0 Å². The zero-order valence-corrected chi connectivity index (χ0v) is 8.42. The summed E-state index contributed by atoms with van der Waals surface area (Å²) in [6, 6.07) is 9.79. The van der Waals surface area contributed by atoms with E-state index in [4.69, 9.17) is 0 Å². The van der Waals surface area contributed by atoms with E-state index >= 15 is 0 Å². The molecular formula is C10H13FSi. The number of rotatable bonds is 2. The van der Waals surface area contributed by atoms with Crippen molar-refractivity contribution in [3.05, 3.63) is 41.6 Å². The van der Waals surface area contributed by atoms with Gasteiger partial charge in [-0.3, -0.25) is 0 Å². The van der Waals surface area contributed by atoms with Crippen LogP contribution in [0.15, 0.2) is 36.0 Å². The third-order valence-corrected chi connectivity index (χ3v) is 2.43. The monoisotopic (exact) mass is 180 g/mol. The minimum absolute atomic E-state index is 1.07. The van der Waals surface area contributed by atoms with E-state index in [0.717, 1.165) is 5.56 Å². The topological polar surface area (TPSA) is 0 Å². The Morgan fingerprint density at radius 3 is 2.25 bits per heavy atom. The van der Waals surface area contributed by atoms with Gasteiger partial charge in [-0.1, -0.05) is 42.1 Å². The minimum atomic E-state index is -2.52.